The first kappa shape index (κ1) is 14.6. The number of fused-ring (bicyclic) bond motifs is 1. The molecule has 2 heterocycles. The van der Waals surface area contributed by atoms with E-state index in [1.54, 1.807) is 10.6 Å². The SMILES string of the molecule is CCCc1cnc2c(OC(C)C)cc(CC)cn2c1=O. The molecule has 2 rings (SSSR count). The predicted molar refractivity (Wildman–Crippen MR) is 80.6 cm³/mol. The number of pyridine rings is 1. The average molecular weight is 274 g/mol. The Kier molecular flexibility index (Phi) is 4.42. The van der Waals surface area contributed by atoms with Crippen LogP contribution < -0.4 is 10.3 Å². The largest absolute Gasteiger partial charge is 0.487 e. The molecule has 0 radical (unpaired) electrons. The minimum absolute atomic E-state index is 0.0146. The van der Waals surface area contributed by atoms with Gasteiger partial charge in [0.15, 0.2) is 11.4 Å². The minimum atomic E-state index is 0.0146. The molecule has 0 N–H and O–H groups in total. The lowest BCUT2D eigenvalue weighted by molar-refractivity contribution is 0.243. The number of ether oxygens (including phenoxy) is 1. The van der Waals surface area contributed by atoms with Crippen molar-refractivity contribution >= 4 is 5.65 Å². The first-order chi connectivity index (χ1) is 9.56. The molecule has 0 saturated carbocycles. The van der Waals surface area contributed by atoms with E-state index in [-0.39, 0.29) is 11.7 Å². The van der Waals surface area contributed by atoms with Gasteiger partial charge in [-0.1, -0.05) is 20.3 Å². The standard InChI is InChI=1S/C16H22N2O2/c1-5-7-13-9-17-15-14(20-11(3)4)8-12(6-2)10-18(15)16(13)19/h8-11H,5-7H2,1-4H3. The van der Waals surface area contributed by atoms with Crippen LogP contribution in [0.4, 0.5) is 0 Å². The van der Waals surface area contributed by atoms with Crippen molar-refractivity contribution in [2.45, 2.75) is 53.1 Å². The summed E-state index contributed by atoms with van der Waals surface area (Å²) in [6, 6.07) is 1.97. The van der Waals surface area contributed by atoms with Crippen LogP contribution in [-0.4, -0.2) is 15.5 Å². The minimum Gasteiger partial charge on any atom is -0.487 e. The molecular formula is C16H22N2O2. The van der Waals surface area contributed by atoms with Crippen molar-refractivity contribution in [3.05, 3.63) is 39.9 Å². The predicted octanol–water partition coefficient (Wildman–Crippen LogP) is 3.00. The van der Waals surface area contributed by atoms with E-state index in [1.165, 1.54) is 0 Å². The highest BCUT2D eigenvalue weighted by molar-refractivity contribution is 5.55. The molecule has 0 aliphatic heterocycles. The molecule has 2 aromatic rings. The van der Waals surface area contributed by atoms with Crippen molar-refractivity contribution in [1.29, 1.82) is 0 Å². The van der Waals surface area contributed by atoms with E-state index in [0.717, 1.165) is 30.4 Å². The first-order valence-electron chi connectivity index (χ1n) is 7.26. The van der Waals surface area contributed by atoms with Crippen LogP contribution in [-0.2, 0) is 12.8 Å². The van der Waals surface area contributed by atoms with Gasteiger partial charge < -0.3 is 4.74 Å². The lowest BCUT2D eigenvalue weighted by Crippen LogP contribution is -2.21. The molecule has 0 atom stereocenters. The molecule has 20 heavy (non-hydrogen) atoms. The van der Waals surface area contributed by atoms with E-state index in [1.807, 2.05) is 26.1 Å². The Morgan fingerprint density at radius 3 is 2.70 bits per heavy atom. The van der Waals surface area contributed by atoms with Crippen molar-refractivity contribution < 1.29 is 4.74 Å². The molecule has 0 amide bonds. The van der Waals surface area contributed by atoms with Crippen LogP contribution in [0.5, 0.6) is 5.75 Å². The van der Waals surface area contributed by atoms with Crippen LogP contribution in [0.15, 0.2) is 23.3 Å². The van der Waals surface area contributed by atoms with Gasteiger partial charge >= 0.3 is 0 Å². The van der Waals surface area contributed by atoms with Gasteiger partial charge in [0.05, 0.1) is 6.10 Å². The number of nitrogens with zero attached hydrogens (tertiary/aromatic N) is 2. The molecule has 0 saturated heterocycles. The molecule has 4 heteroatoms. The molecule has 0 aromatic carbocycles. The Morgan fingerprint density at radius 1 is 1.35 bits per heavy atom. The molecule has 0 bridgehead atoms. The highest BCUT2D eigenvalue weighted by Crippen LogP contribution is 2.21. The Balaban J connectivity index is 2.68. The van der Waals surface area contributed by atoms with Gasteiger partial charge in [-0.05, 0) is 38.3 Å². The second kappa shape index (κ2) is 6.07. The zero-order valence-corrected chi connectivity index (χ0v) is 12.6. The maximum Gasteiger partial charge on any atom is 0.261 e. The Bertz CT molecular complexity index is 659. The van der Waals surface area contributed by atoms with E-state index in [9.17, 15) is 4.79 Å². The van der Waals surface area contributed by atoms with E-state index < -0.39 is 0 Å². The first-order valence-corrected chi connectivity index (χ1v) is 7.26. The van der Waals surface area contributed by atoms with Crippen LogP contribution in [0.3, 0.4) is 0 Å². The summed E-state index contributed by atoms with van der Waals surface area (Å²) in [5.41, 5.74) is 2.45. The normalized spacial score (nSPS) is 11.2. The molecule has 0 aliphatic carbocycles. The highest BCUT2D eigenvalue weighted by atomic mass is 16.5. The van der Waals surface area contributed by atoms with Crippen molar-refractivity contribution in [1.82, 2.24) is 9.38 Å². The van der Waals surface area contributed by atoms with Gasteiger partial charge in [-0.2, -0.15) is 0 Å². The number of hydrogen-bond acceptors (Lipinski definition) is 3. The van der Waals surface area contributed by atoms with Crippen molar-refractivity contribution in [3.63, 3.8) is 0 Å². The van der Waals surface area contributed by atoms with E-state index in [0.29, 0.717) is 11.4 Å². The average Bonchev–Trinajstić information content (AvgIpc) is 2.41. The Morgan fingerprint density at radius 2 is 2.10 bits per heavy atom. The van der Waals surface area contributed by atoms with Crippen molar-refractivity contribution in [2.24, 2.45) is 0 Å². The van der Waals surface area contributed by atoms with Gasteiger partial charge in [0, 0.05) is 18.0 Å². The zero-order chi connectivity index (χ0) is 14.7. The molecule has 0 unspecified atom stereocenters. The van der Waals surface area contributed by atoms with E-state index >= 15 is 0 Å². The van der Waals surface area contributed by atoms with Gasteiger partial charge in [-0.3, -0.25) is 9.20 Å². The number of aryl methyl sites for hydroxylation is 2. The summed E-state index contributed by atoms with van der Waals surface area (Å²) in [6.45, 7) is 8.07. The molecule has 108 valence electrons. The summed E-state index contributed by atoms with van der Waals surface area (Å²) in [5.74, 6) is 0.680. The lowest BCUT2D eigenvalue weighted by Gasteiger charge is -2.14. The van der Waals surface area contributed by atoms with Crippen LogP contribution in [0, 0.1) is 0 Å². The summed E-state index contributed by atoms with van der Waals surface area (Å²) >= 11 is 0. The van der Waals surface area contributed by atoms with E-state index in [4.69, 9.17) is 4.74 Å². The van der Waals surface area contributed by atoms with Crippen LogP contribution >= 0.6 is 0 Å². The maximum atomic E-state index is 12.5. The third-order valence-electron chi connectivity index (χ3n) is 3.19. The van der Waals surface area contributed by atoms with Gasteiger partial charge in [-0.15, -0.1) is 0 Å². The quantitative estimate of drug-likeness (QED) is 0.842. The second-order valence-electron chi connectivity index (χ2n) is 5.26. The van der Waals surface area contributed by atoms with Crippen molar-refractivity contribution in [2.75, 3.05) is 0 Å². The smallest absolute Gasteiger partial charge is 0.261 e. The van der Waals surface area contributed by atoms with E-state index in [2.05, 4.69) is 18.8 Å². The summed E-state index contributed by atoms with van der Waals surface area (Å²) in [7, 11) is 0. The number of hydrogen-bond donors (Lipinski definition) is 0. The zero-order valence-electron chi connectivity index (χ0n) is 12.6. The lowest BCUT2D eigenvalue weighted by atomic mass is 10.2. The van der Waals surface area contributed by atoms with Gasteiger partial charge in [0.25, 0.3) is 5.56 Å². The second-order valence-corrected chi connectivity index (χ2v) is 5.26. The Hall–Kier alpha value is -1.84. The molecule has 2 aromatic heterocycles. The molecule has 4 nitrogen and oxygen atoms in total. The topological polar surface area (TPSA) is 43.6 Å². The summed E-state index contributed by atoms with van der Waals surface area (Å²) in [4.78, 5) is 16.9. The molecular weight excluding hydrogens is 252 g/mol. The summed E-state index contributed by atoms with van der Waals surface area (Å²) in [6.07, 6.45) is 6.15. The molecule has 0 fully saturated rings. The highest BCUT2D eigenvalue weighted by Gasteiger charge is 2.11. The fraction of sp³-hybridized carbons (Fsp3) is 0.500. The molecule has 0 aliphatic rings. The van der Waals surface area contributed by atoms with Crippen LogP contribution in [0.2, 0.25) is 0 Å². The number of aromatic nitrogens is 2. The monoisotopic (exact) mass is 274 g/mol. The molecule has 0 spiro atoms. The van der Waals surface area contributed by atoms with Gasteiger partial charge in [-0.25, -0.2) is 4.98 Å². The fourth-order valence-electron chi connectivity index (χ4n) is 2.22. The summed E-state index contributed by atoms with van der Waals surface area (Å²) in [5, 5.41) is 0. The van der Waals surface area contributed by atoms with Gasteiger partial charge in [0.1, 0.15) is 0 Å². The third-order valence-corrected chi connectivity index (χ3v) is 3.19. The van der Waals surface area contributed by atoms with Crippen molar-refractivity contribution in [3.8, 4) is 5.75 Å². The van der Waals surface area contributed by atoms with Gasteiger partial charge in [0.2, 0.25) is 0 Å². The van der Waals surface area contributed by atoms with Crippen LogP contribution in [0.25, 0.3) is 5.65 Å². The third kappa shape index (κ3) is 2.84. The summed E-state index contributed by atoms with van der Waals surface area (Å²) < 4.78 is 7.43. The Labute approximate surface area is 119 Å². The van der Waals surface area contributed by atoms with Crippen LogP contribution in [0.1, 0.15) is 45.2 Å². The number of rotatable bonds is 5. The fourth-order valence-corrected chi connectivity index (χ4v) is 2.22. The maximum absolute atomic E-state index is 12.5.